The molecule has 0 spiro atoms. The number of carbonyl (C=O) groups excluding carboxylic acids is 2. The molecule has 5 nitrogen and oxygen atoms in total. The summed E-state index contributed by atoms with van der Waals surface area (Å²) in [7, 11) is 5.36. The van der Waals surface area contributed by atoms with Crippen molar-refractivity contribution in [2.45, 2.75) is 25.3 Å². The van der Waals surface area contributed by atoms with Crippen LogP contribution in [0.15, 0.2) is 0 Å². The minimum absolute atomic E-state index is 0.117. The lowest BCUT2D eigenvalue weighted by molar-refractivity contribution is -0.143. The van der Waals surface area contributed by atoms with E-state index in [0.29, 0.717) is 31.0 Å². The molecular weight excluding hydrogens is 292 g/mol. The summed E-state index contributed by atoms with van der Waals surface area (Å²) < 4.78 is 2.30. The molecular formula is C13H23N3O2P2. The third kappa shape index (κ3) is 2.73. The van der Waals surface area contributed by atoms with E-state index in [-0.39, 0.29) is 17.9 Å². The van der Waals surface area contributed by atoms with E-state index >= 15 is 0 Å². The second kappa shape index (κ2) is 5.87. The van der Waals surface area contributed by atoms with Crippen molar-refractivity contribution in [2.75, 3.05) is 32.5 Å². The van der Waals surface area contributed by atoms with Crippen molar-refractivity contribution in [2.24, 2.45) is 11.8 Å². The molecule has 4 unspecified atom stereocenters. The normalized spacial score (nSPS) is 34.7. The summed E-state index contributed by atoms with van der Waals surface area (Å²) in [4.78, 5) is 28.2. The van der Waals surface area contributed by atoms with Crippen LogP contribution in [0.3, 0.4) is 0 Å². The van der Waals surface area contributed by atoms with Crippen molar-refractivity contribution in [3.8, 4) is 0 Å². The summed E-state index contributed by atoms with van der Waals surface area (Å²) in [5.41, 5.74) is 0. The number of nitrogens with zero attached hydrogens (tertiary/aromatic N) is 3. The van der Waals surface area contributed by atoms with Crippen LogP contribution < -0.4 is 0 Å². The Morgan fingerprint density at radius 2 is 1.85 bits per heavy atom. The van der Waals surface area contributed by atoms with Crippen LogP contribution in [0.4, 0.5) is 0 Å². The maximum atomic E-state index is 12.7. The van der Waals surface area contributed by atoms with E-state index < -0.39 is 0 Å². The Bertz CT molecular complexity index is 402. The first-order chi connectivity index (χ1) is 9.58. The Labute approximate surface area is 124 Å². The van der Waals surface area contributed by atoms with Crippen LogP contribution in [-0.4, -0.2) is 64.8 Å². The largest absolute Gasteiger partial charge is 0.340 e. The molecule has 3 rings (SSSR count). The van der Waals surface area contributed by atoms with Gasteiger partial charge in [-0.25, -0.2) is 0 Å². The fraction of sp³-hybridized carbons (Fsp3) is 0.846. The topological polar surface area (TPSA) is 43.9 Å². The first-order valence-electron chi connectivity index (χ1n) is 7.36. The summed E-state index contributed by atoms with van der Waals surface area (Å²) >= 11 is 0. The smallest absolute Gasteiger partial charge is 0.245 e. The van der Waals surface area contributed by atoms with E-state index in [2.05, 4.69) is 23.3 Å². The molecule has 3 aliphatic heterocycles. The van der Waals surface area contributed by atoms with Crippen LogP contribution in [0.2, 0.25) is 0 Å². The van der Waals surface area contributed by atoms with Gasteiger partial charge in [-0.3, -0.25) is 14.3 Å². The highest BCUT2D eigenvalue weighted by Crippen LogP contribution is 2.31. The van der Waals surface area contributed by atoms with Gasteiger partial charge >= 0.3 is 0 Å². The fourth-order valence-corrected chi connectivity index (χ4v) is 4.99. The van der Waals surface area contributed by atoms with Crippen LogP contribution in [0, 0.1) is 11.8 Å². The van der Waals surface area contributed by atoms with Crippen LogP contribution >= 0.6 is 18.6 Å². The number of carbonyl (C=O) groups is 2. The Morgan fingerprint density at radius 1 is 1.20 bits per heavy atom. The zero-order chi connectivity index (χ0) is 14.3. The van der Waals surface area contributed by atoms with E-state index in [0.717, 1.165) is 26.2 Å². The number of hydrogen-bond donors (Lipinski definition) is 0. The molecule has 0 aromatic heterocycles. The monoisotopic (exact) mass is 315 g/mol. The predicted octanol–water partition coefficient (Wildman–Crippen LogP) is 0.380. The highest BCUT2D eigenvalue weighted by molar-refractivity contribution is 7.16. The molecule has 2 bridgehead atoms. The number of amides is 2. The zero-order valence-electron chi connectivity index (χ0n) is 11.7. The van der Waals surface area contributed by atoms with Crippen LogP contribution in [0.1, 0.15) is 19.3 Å². The van der Waals surface area contributed by atoms with Crippen LogP contribution in [-0.2, 0) is 9.59 Å². The minimum atomic E-state index is -0.217. The molecule has 112 valence electrons. The molecule has 0 aromatic rings. The third-order valence-electron chi connectivity index (χ3n) is 4.73. The molecule has 5 atom stereocenters. The average molecular weight is 315 g/mol. The maximum absolute atomic E-state index is 12.7. The first kappa shape index (κ1) is 14.7. The van der Waals surface area contributed by atoms with E-state index in [1.54, 1.807) is 4.90 Å². The standard InChI is InChI=1S/C13H23N3O2P2/c17-12-2-1-11(16(12)8-19)13(18)14-4-9-3-10(5-14)7-15(20)6-9/h9-11H,1-8,19-20H2/t9?,10?,11-/m0/s1. The second-order valence-electron chi connectivity index (χ2n) is 6.27. The van der Waals surface area contributed by atoms with Gasteiger partial charge in [0.15, 0.2) is 0 Å². The van der Waals surface area contributed by atoms with Gasteiger partial charge in [-0.05, 0) is 24.7 Å². The Kier molecular flexibility index (Phi) is 4.31. The molecule has 3 fully saturated rings. The van der Waals surface area contributed by atoms with Crippen LogP contribution in [0.5, 0.6) is 0 Å². The highest BCUT2D eigenvalue weighted by Gasteiger charge is 2.41. The van der Waals surface area contributed by atoms with Gasteiger partial charge in [0.25, 0.3) is 0 Å². The summed E-state index contributed by atoms with van der Waals surface area (Å²) in [6.07, 6.45) is 3.01. The molecule has 3 aliphatic rings. The van der Waals surface area contributed by atoms with Crippen molar-refractivity contribution in [3.05, 3.63) is 0 Å². The number of fused-ring (bicyclic) bond motifs is 2. The summed E-state index contributed by atoms with van der Waals surface area (Å²) in [6.45, 7) is 3.83. The van der Waals surface area contributed by atoms with Gasteiger partial charge < -0.3 is 9.80 Å². The molecule has 3 saturated heterocycles. The number of rotatable bonds is 2. The lowest BCUT2D eigenvalue weighted by Gasteiger charge is -2.45. The van der Waals surface area contributed by atoms with Gasteiger partial charge in [0.1, 0.15) is 6.04 Å². The molecule has 0 N–H and O–H groups in total. The quantitative estimate of drug-likeness (QED) is 0.692. The SMILES string of the molecule is O=C([C@@H]1CCC(=O)N1CP)N1CC2CC(CN(P)C2)C1. The summed E-state index contributed by atoms with van der Waals surface area (Å²) in [5.74, 6) is 1.47. The van der Waals surface area contributed by atoms with Gasteiger partial charge in [-0.1, -0.05) is 9.39 Å². The summed E-state index contributed by atoms with van der Waals surface area (Å²) in [6, 6.07) is -0.217. The number of hydrogen-bond acceptors (Lipinski definition) is 3. The van der Waals surface area contributed by atoms with Crippen molar-refractivity contribution in [1.82, 2.24) is 14.5 Å². The molecule has 2 amide bonds. The van der Waals surface area contributed by atoms with Gasteiger partial charge in [0, 0.05) is 38.9 Å². The van der Waals surface area contributed by atoms with Gasteiger partial charge in [-0.15, -0.1) is 9.24 Å². The molecule has 7 heteroatoms. The van der Waals surface area contributed by atoms with Crippen molar-refractivity contribution in [1.29, 1.82) is 0 Å². The van der Waals surface area contributed by atoms with E-state index in [1.165, 1.54) is 6.42 Å². The number of likely N-dealkylation sites (tertiary alicyclic amines) is 2. The predicted molar refractivity (Wildman–Crippen MR) is 83.9 cm³/mol. The molecule has 0 aliphatic carbocycles. The van der Waals surface area contributed by atoms with Crippen molar-refractivity contribution in [3.63, 3.8) is 0 Å². The molecule has 0 aromatic carbocycles. The highest BCUT2D eigenvalue weighted by atomic mass is 31.0. The number of piperidine rings is 2. The first-order valence-corrected chi connectivity index (χ1v) is 8.69. The average Bonchev–Trinajstić information content (AvgIpc) is 2.77. The Morgan fingerprint density at radius 3 is 2.45 bits per heavy atom. The lowest BCUT2D eigenvalue weighted by atomic mass is 9.85. The molecule has 3 heterocycles. The molecule has 0 saturated carbocycles. The van der Waals surface area contributed by atoms with Gasteiger partial charge in [0.2, 0.25) is 11.8 Å². The van der Waals surface area contributed by atoms with Crippen LogP contribution in [0.25, 0.3) is 0 Å². The lowest BCUT2D eigenvalue weighted by Crippen LogP contribution is -2.55. The Balaban J connectivity index is 1.67. The second-order valence-corrected chi connectivity index (χ2v) is 7.36. The Hall–Kier alpha value is -0.240. The van der Waals surface area contributed by atoms with E-state index in [9.17, 15) is 9.59 Å². The minimum Gasteiger partial charge on any atom is -0.340 e. The molecule has 0 radical (unpaired) electrons. The molecule has 20 heavy (non-hydrogen) atoms. The van der Waals surface area contributed by atoms with E-state index in [1.807, 2.05) is 4.90 Å². The fourth-order valence-electron chi connectivity index (χ4n) is 3.93. The third-order valence-corrected chi connectivity index (χ3v) is 5.55. The maximum Gasteiger partial charge on any atom is 0.245 e. The van der Waals surface area contributed by atoms with Crippen molar-refractivity contribution < 1.29 is 9.59 Å². The summed E-state index contributed by atoms with van der Waals surface area (Å²) in [5, 5.41) is 0. The van der Waals surface area contributed by atoms with E-state index in [4.69, 9.17) is 0 Å². The van der Waals surface area contributed by atoms with Gasteiger partial charge in [0.05, 0.1) is 0 Å². The zero-order valence-corrected chi connectivity index (χ0v) is 14.0. The van der Waals surface area contributed by atoms with Crippen molar-refractivity contribution >= 4 is 30.4 Å². The van der Waals surface area contributed by atoms with Gasteiger partial charge in [-0.2, -0.15) is 0 Å².